The van der Waals surface area contributed by atoms with Gasteiger partial charge in [-0.05, 0) is 25.4 Å². The molecule has 2 aromatic carbocycles. The Morgan fingerprint density at radius 3 is 1.83 bits per heavy atom. The Morgan fingerprint density at radius 2 is 1.30 bits per heavy atom. The van der Waals surface area contributed by atoms with Gasteiger partial charge in [-0.3, -0.25) is 0 Å². The second kappa shape index (κ2) is 6.60. The maximum absolute atomic E-state index is 13.8. The molecule has 2 rings (SSSR count). The largest absolute Gasteiger partial charge is 0.373 e. The molecule has 121 valence electrons. The Labute approximate surface area is 132 Å². The van der Waals surface area contributed by atoms with E-state index in [1.54, 1.807) is 31.3 Å². The normalized spacial score (nSPS) is 11.0. The van der Waals surface area contributed by atoms with Crippen molar-refractivity contribution in [1.29, 1.82) is 0 Å². The second-order valence-electron chi connectivity index (χ2n) is 5.39. The van der Waals surface area contributed by atoms with Gasteiger partial charge in [0.15, 0.2) is 29.1 Å². The van der Waals surface area contributed by atoms with Crippen molar-refractivity contribution in [3.05, 3.63) is 53.4 Å². The van der Waals surface area contributed by atoms with Crippen LogP contribution in [0.1, 0.15) is 13.8 Å². The number of hydrogen-bond acceptors (Lipinski definition) is 1. The molecule has 0 atom stereocenters. The van der Waals surface area contributed by atoms with Gasteiger partial charge in [-0.1, -0.05) is 23.7 Å². The molecule has 0 aromatic heterocycles. The molecule has 0 aliphatic heterocycles. The Balaban J connectivity index is 2.53. The lowest BCUT2D eigenvalue weighted by atomic mass is 9.62. The van der Waals surface area contributed by atoms with Crippen molar-refractivity contribution >= 4 is 23.9 Å². The molecule has 0 amide bonds. The molecule has 0 aliphatic rings. The van der Waals surface area contributed by atoms with Crippen molar-refractivity contribution in [2.75, 3.05) is 11.9 Å². The summed E-state index contributed by atoms with van der Waals surface area (Å²) in [6, 6.07) is 6.69. The number of rotatable bonds is 4. The first kappa shape index (κ1) is 17.3. The van der Waals surface area contributed by atoms with E-state index in [1.807, 2.05) is 18.7 Å². The quantitative estimate of drug-likeness (QED) is 0.361. The predicted molar refractivity (Wildman–Crippen MR) is 81.2 cm³/mol. The third kappa shape index (κ3) is 3.18. The maximum Gasteiger partial charge on any atom is 0.202 e. The van der Waals surface area contributed by atoms with Crippen LogP contribution >= 0.6 is 0 Å². The standard InChI is InChI=1S/C16H14BF5N/c1-8(2)23(3)10-7-5-4-6-9(10)17-11-12(18)14(20)16(22)15(21)13(11)19/h4-8H,1-3H3. The molecule has 2 aromatic rings. The van der Waals surface area contributed by atoms with Crippen molar-refractivity contribution < 1.29 is 22.0 Å². The summed E-state index contributed by atoms with van der Waals surface area (Å²) in [7, 11) is 2.74. The Morgan fingerprint density at radius 1 is 0.826 bits per heavy atom. The lowest BCUT2D eigenvalue weighted by molar-refractivity contribution is 0.384. The van der Waals surface area contributed by atoms with E-state index in [-0.39, 0.29) is 6.04 Å². The highest BCUT2D eigenvalue weighted by atomic mass is 19.2. The van der Waals surface area contributed by atoms with Gasteiger partial charge in [-0.25, -0.2) is 22.0 Å². The molecule has 1 radical (unpaired) electrons. The summed E-state index contributed by atoms with van der Waals surface area (Å²) in [5.74, 6) is -9.76. The average molecular weight is 326 g/mol. The van der Waals surface area contributed by atoms with Crippen LogP contribution in [0.15, 0.2) is 24.3 Å². The first-order valence-corrected chi connectivity index (χ1v) is 6.93. The van der Waals surface area contributed by atoms with Crippen molar-refractivity contribution in [2.24, 2.45) is 0 Å². The predicted octanol–water partition coefficient (Wildman–Crippen LogP) is 2.88. The highest BCUT2D eigenvalue weighted by Gasteiger charge is 2.26. The van der Waals surface area contributed by atoms with Gasteiger partial charge < -0.3 is 4.90 Å². The molecule has 0 aliphatic carbocycles. The van der Waals surface area contributed by atoms with E-state index in [9.17, 15) is 22.0 Å². The summed E-state index contributed by atoms with van der Waals surface area (Å²) < 4.78 is 67.3. The summed E-state index contributed by atoms with van der Waals surface area (Å²) in [6.07, 6.45) is 0. The van der Waals surface area contributed by atoms with Crippen LogP contribution in [0.3, 0.4) is 0 Å². The van der Waals surface area contributed by atoms with Crippen LogP contribution in [-0.2, 0) is 0 Å². The minimum absolute atomic E-state index is 0.0842. The minimum Gasteiger partial charge on any atom is -0.373 e. The summed E-state index contributed by atoms with van der Waals surface area (Å²) in [6.45, 7) is 3.82. The van der Waals surface area contributed by atoms with E-state index < -0.39 is 34.5 Å². The number of benzene rings is 2. The van der Waals surface area contributed by atoms with E-state index in [1.165, 1.54) is 0 Å². The minimum atomic E-state index is -2.16. The molecule has 1 nitrogen and oxygen atoms in total. The van der Waals surface area contributed by atoms with Crippen LogP contribution in [0.2, 0.25) is 0 Å². The zero-order valence-corrected chi connectivity index (χ0v) is 12.8. The number of anilines is 1. The van der Waals surface area contributed by atoms with Crippen LogP contribution in [0.5, 0.6) is 0 Å². The zero-order chi connectivity index (χ0) is 17.3. The van der Waals surface area contributed by atoms with Gasteiger partial charge in [-0.2, -0.15) is 0 Å². The molecule has 0 saturated heterocycles. The van der Waals surface area contributed by atoms with E-state index in [4.69, 9.17) is 0 Å². The van der Waals surface area contributed by atoms with Crippen molar-refractivity contribution in [1.82, 2.24) is 0 Å². The van der Waals surface area contributed by atoms with Crippen LogP contribution < -0.4 is 15.8 Å². The first-order valence-electron chi connectivity index (χ1n) is 6.93. The average Bonchev–Trinajstić information content (AvgIpc) is 2.54. The summed E-state index contributed by atoms with van der Waals surface area (Å²) in [5.41, 5.74) is 0.0179. The third-order valence-electron chi connectivity index (χ3n) is 3.63. The van der Waals surface area contributed by atoms with Crippen LogP contribution in [-0.4, -0.2) is 20.4 Å². The van der Waals surface area contributed by atoms with Crippen molar-refractivity contribution in [3.8, 4) is 0 Å². The monoisotopic (exact) mass is 326 g/mol. The number of para-hydroxylation sites is 1. The van der Waals surface area contributed by atoms with Crippen molar-refractivity contribution in [2.45, 2.75) is 19.9 Å². The molecule has 0 saturated carbocycles. The highest BCUT2D eigenvalue weighted by Crippen LogP contribution is 2.17. The topological polar surface area (TPSA) is 3.24 Å². The molecular formula is C16H14BF5N. The van der Waals surface area contributed by atoms with Gasteiger partial charge >= 0.3 is 0 Å². The van der Waals surface area contributed by atoms with E-state index in [0.717, 1.165) is 7.28 Å². The number of halogens is 5. The van der Waals surface area contributed by atoms with E-state index >= 15 is 0 Å². The molecule has 0 spiro atoms. The molecule has 23 heavy (non-hydrogen) atoms. The molecular weight excluding hydrogens is 312 g/mol. The van der Waals surface area contributed by atoms with Gasteiger partial charge in [0, 0.05) is 18.8 Å². The Bertz CT molecular complexity index is 704. The lowest BCUT2D eigenvalue weighted by Gasteiger charge is -2.26. The number of hydrogen-bond donors (Lipinski definition) is 0. The highest BCUT2D eigenvalue weighted by molar-refractivity contribution is 6.69. The molecule has 0 heterocycles. The molecule has 0 N–H and O–H groups in total. The fourth-order valence-electron chi connectivity index (χ4n) is 2.11. The third-order valence-corrected chi connectivity index (χ3v) is 3.63. The molecule has 7 heteroatoms. The second-order valence-corrected chi connectivity index (χ2v) is 5.39. The maximum atomic E-state index is 13.8. The van der Waals surface area contributed by atoms with Gasteiger partial charge in [0.2, 0.25) is 7.28 Å². The van der Waals surface area contributed by atoms with Crippen LogP contribution in [0.25, 0.3) is 0 Å². The lowest BCUT2D eigenvalue weighted by Crippen LogP contribution is -2.39. The fourth-order valence-corrected chi connectivity index (χ4v) is 2.11. The Kier molecular flexibility index (Phi) is 4.97. The molecule has 0 fully saturated rings. The van der Waals surface area contributed by atoms with Crippen LogP contribution in [0.4, 0.5) is 27.6 Å². The van der Waals surface area contributed by atoms with E-state index in [0.29, 0.717) is 11.2 Å². The molecule has 0 unspecified atom stereocenters. The summed E-state index contributed by atoms with van der Waals surface area (Å²) in [5, 5.41) is 0. The Hall–Kier alpha value is -2.05. The number of nitrogens with zero attached hydrogens (tertiary/aromatic N) is 1. The van der Waals surface area contributed by atoms with Gasteiger partial charge in [0.05, 0.1) is 0 Å². The van der Waals surface area contributed by atoms with Crippen LogP contribution in [0, 0.1) is 29.1 Å². The van der Waals surface area contributed by atoms with Crippen molar-refractivity contribution in [3.63, 3.8) is 0 Å². The SMILES string of the molecule is CC(C)N(C)c1ccccc1[B]c1c(F)c(F)c(F)c(F)c1F. The van der Waals surface area contributed by atoms with Gasteiger partial charge in [0.25, 0.3) is 0 Å². The first-order chi connectivity index (χ1) is 10.8. The van der Waals surface area contributed by atoms with Gasteiger partial charge in [-0.15, -0.1) is 0 Å². The summed E-state index contributed by atoms with van der Waals surface area (Å²) >= 11 is 0. The van der Waals surface area contributed by atoms with Gasteiger partial charge in [0.1, 0.15) is 0 Å². The van der Waals surface area contributed by atoms with E-state index in [2.05, 4.69) is 0 Å². The molecule has 0 bridgehead atoms. The summed E-state index contributed by atoms with van der Waals surface area (Å²) in [4.78, 5) is 1.83. The zero-order valence-electron chi connectivity index (χ0n) is 12.8. The smallest absolute Gasteiger partial charge is 0.202 e. The fraction of sp³-hybridized carbons (Fsp3) is 0.250.